The number of halogens is 3. The molecule has 0 saturated heterocycles. The van der Waals surface area contributed by atoms with Gasteiger partial charge in [-0.25, -0.2) is 13.4 Å². The lowest BCUT2D eigenvalue weighted by molar-refractivity contribution is -0.274. The Balaban J connectivity index is 1.97. The van der Waals surface area contributed by atoms with E-state index in [1.807, 2.05) is 0 Å². The van der Waals surface area contributed by atoms with Gasteiger partial charge in [0.1, 0.15) is 16.5 Å². The molecule has 9 nitrogen and oxygen atoms in total. The van der Waals surface area contributed by atoms with Gasteiger partial charge in [0.05, 0.1) is 16.7 Å². The maximum atomic E-state index is 13.2. The number of aromatic nitrogens is 1. The molecular weight excluding hydrogens is 453 g/mol. The number of aliphatic hydroxyl groups excluding tert-OH is 1. The molecule has 1 heterocycles. The minimum atomic E-state index is -4.91. The number of nitrogen functional groups attached to an aromatic ring is 1. The van der Waals surface area contributed by atoms with E-state index in [1.165, 1.54) is 6.92 Å². The van der Waals surface area contributed by atoms with Gasteiger partial charge in [-0.2, -0.15) is 0 Å². The minimum Gasteiger partial charge on any atom is -0.406 e. The van der Waals surface area contributed by atoms with Crippen LogP contribution in [0.5, 0.6) is 5.75 Å². The van der Waals surface area contributed by atoms with Gasteiger partial charge in [-0.3, -0.25) is 4.79 Å². The van der Waals surface area contributed by atoms with E-state index in [0.717, 1.165) is 43.2 Å². The number of benzene rings is 1. The highest BCUT2D eigenvalue weighted by atomic mass is 32.2. The van der Waals surface area contributed by atoms with E-state index in [2.05, 4.69) is 20.4 Å². The highest BCUT2D eigenvalue weighted by Crippen LogP contribution is 2.34. The largest absolute Gasteiger partial charge is 0.573 e. The summed E-state index contributed by atoms with van der Waals surface area (Å²) >= 11 is 0. The number of nitrogens with two attached hydrogens (primary N) is 1. The minimum absolute atomic E-state index is 0.0315. The summed E-state index contributed by atoms with van der Waals surface area (Å²) in [7, 11) is -4.25. The van der Waals surface area contributed by atoms with Crippen molar-refractivity contribution in [3.05, 3.63) is 36.0 Å². The van der Waals surface area contributed by atoms with Crippen molar-refractivity contribution in [2.24, 2.45) is 0 Å². The summed E-state index contributed by atoms with van der Waals surface area (Å²) in [5.74, 6) is -1.37. The molecule has 1 aromatic heterocycles. The zero-order valence-electron chi connectivity index (χ0n) is 16.8. The zero-order valence-corrected chi connectivity index (χ0v) is 17.6. The quantitative estimate of drug-likeness (QED) is 0.455. The van der Waals surface area contributed by atoms with Gasteiger partial charge >= 0.3 is 6.36 Å². The number of ether oxygens (including phenoxy) is 1. The fourth-order valence-electron chi connectivity index (χ4n) is 2.69. The summed E-state index contributed by atoms with van der Waals surface area (Å²) in [5, 5.41) is 14.7. The van der Waals surface area contributed by atoms with E-state index in [-0.39, 0.29) is 39.6 Å². The maximum Gasteiger partial charge on any atom is 0.573 e. The molecule has 0 aliphatic heterocycles. The SMILES string of the molecule is C[C@H](O)CNC(=O)c1nc(NC2CC2)c(S(=O)(=O)c2ccc(OC(F)(F)F)cc2)cc1N. The Hall–Kier alpha value is -3.06. The van der Waals surface area contributed by atoms with Crippen molar-refractivity contribution in [3.8, 4) is 5.75 Å². The Morgan fingerprint density at radius 2 is 1.94 bits per heavy atom. The van der Waals surface area contributed by atoms with Crippen LogP contribution in [-0.4, -0.2) is 49.5 Å². The van der Waals surface area contributed by atoms with Gasteiger partial charge in [0.2, 0.25) is 9.84 Å². The first kappa shape index (κ1) is 23.6. The molecule has 174 valence electrons. The summed E-state index contributed by atoms with van der Waals surface area (Å²) in [6.07, 6.45) is -4.17. The highest BCUT2D eigenvalue weighted by Gasteiger charge is 2.32. The molecule has 1 aliphatic rings. The Kier molecular flexibility index (Phi) is 6.51. The average molecular weight is 474 g/mol. The fourth-order valence-corrected chi connectivity index (χ4v) is 4.08. The van der Waals surface area contributed by atoms with Crippen LogP contribution in [0.25, 0.3) is 0 Å². The summed E-state index contributed by atoms with van der Waals surface area (Å²) in [6, 6.07) is 4.74. The lowest BCUT2D eigenvalue weighted by atomic mass is 10.2. The van der Waals surface area contributed by atoms with Crippen LogP contribution in [0.4, 0.5) is 24.7 Å². The van der Waals surface area contributed by atoms with E-state index in [4.69, 9.17) is 5.73 Å². The van der Waals surface area contributed by atoms with Crippen LogP contribution in [0.1, 0.15) is 30.3 Å². The van der Waals surface area contributed by atoms with Crippen LogP contribution in [0.2, 0.25) is 0 Å². The Morgan fingerprint density at radius 3 is 2.47 bits per heavy atom. The lowest BCUT2D eigenvalue weighted by Crippen LogP contribution is -2.32. The van der Waals surface area contributed by atoms with Gasteiger partial charge in [-0.15, -0.1) is 13.2 Å². The van der Waals surface area contributed by atoms with E-state index >= 15 is 0 Å². The van der Waals surface area contributed by atoms with Crippen LogP contribution in [0.15, 0.2) is 40.1 Å². The van der Waals surface area contributed by atoms with Crippen LogP contribution in [0.3, 0.4) is 0 Å². The van der Waals surface area contributed by atoms with Crippen molar-refractivity contribution in [2.45, 2.75) is 48.1 Å². The number of nitrogens with one attached hydrogen (secondary N) is 2. The molecule has 0 unspecified atom stereocenters. The number of rotatable bonds is 8. The molecule has 32 heavy (non-hydrogen) atoms. The average Bonchev–Trinajstić information content (AvgIpc) is 3.50. The van der Waals surface area contributed by atoms with Crippen LogP contribution in [-0.2, 0) is 9.84 Å². The first-order valence-electron chi connectivity index (χ1n) is 9.51. The van der Waals surface area contributed by atoms with Crippen molar-refractivity contribution in [1.82, 2.24) is 10.3 Å². The third-order valence-electron chi connectivity index (χ3n) is 4.37. The van der Waals surface area contributed by atoms with Crippen molar-refractivity contribution < 1.29 is 36.2 Å². The predicted octanol–water partition coefficient (Wildman–Crippen LogP) is 2.08. The number of hydrogen-bond donors (Lipinski definition) is 4. The van der Waals surface area contributed by atoms with Crippen LogP contribution in [0, 0.1) is 0 Å². The van der Waals surface area contributed by atoms with Crippen molar-refractivity contribution in [2.75, 3.05) is 17.6 Å². The monoisotopic (exact) mass is 474 g/mol. The topological polar surface area (TPSA) is 144 Å². The number of hydrogen-bond acceptors (Lipinski definition) is 8. The van der Waals surface area contributed by atoms with E-state index in [1.54, 1.807) is 0 Å². The predicted molar refractivity (Wildman–Crippen MR) is 108 cm³/mol. The highest BCUT2D eigenvalue weighted by molar-refractivity contribution is 7.91. The summed E-state index contributed by atoms with van der Waals surface area (Å²) in [6.45, 7) is 1.41. The number of aliphatic hydroxyl groups is 1. The lowest BCUT2D eigenvalue weighted by Gasteiger charge is -2.16. The molecule has 1 amide bonds. The van der Waals surface area contributed by atoms with E-state index in [0.29, 0.717) is 0 Å². The number of alkyl halides is 3. The Labute approximate surface area is 181 Å². The van der Waals surface area contributed by atoms with Gasteiger partial charge < -0.3 is 26.2 Å². The molecular formula is C19H21F3N4O5S. The van der Waals surface area contributed by atoms with E-state index < -0.39 is 34.0 Å². The second-order valence-corrected chi connectivity index (χ2v) is 9.19. The van der Waals surface area contributed by atoms with Gasteiger partial charge in [-0.05, 0) is 50.1 Å². The molecule has 1 saturated carbocycles. The van der Waals surface area contributed by atoms with Gasteiger partial charge in [0, 0.05) is 12.6 Å². The van der Waals surface area contributed by atoms with Crippen molar-refractivity contribution in [1.29, 1.82) is 0 Å². The number of pyridine rings is 1. The first-order valence-corrected chi connectivity index (χ1v) is 11.0. The number of carbonyl (C=O) groups is 1. The van der Waals surface area contributed by atoms with Crippen molar-refractivity contribution >= 4 is 27.2 Å². The van der Waals surface area contributed by atoms with Crippen LogP contribution < -0.4 is 21.1 Å². The number of anilines is 2. The third-order valence-corrected chi connectivity index (χ3v) is 6.15. The maximum absolute atomic E-state index is 13.2. The fraction of sp³-hybridized carbons (Fsp3) is 0.368. The number of sulfone groups is 1. The summed E-state index contributed by atoms with van der Waals surface area (Å²) in [4.78, 5) is 15.8. The van der Waals surface area contributed by atoms with Gasteiger partial charge in [-0.1, -0.05) is 0 Å². The number of nitrogens with zero attached hydrogens (tertiary/aromatic N) is 1. The molecule has 1 fully saturated rings. The zero-order chi connectivity index (χ0) is 23.7. The molecule has 1 aromatic carbocycles. The Morgan fingerprint density at radius 1 is 1.31 bits per heavy atom. The number of amides is 1. The molecule has 1 atom stereocenters. The van der Waals surface area contributed by atoms with Gasteiger partial charge in [0.25, 0.3) is 5.91 Å². The summed E-state index contributed by atoms with van der Waals surface area (Å²) in [5.41, 5.74) is 5.45. The second kappa shape index (κ2) is 8.82. The number of carbonyl (C=O) groups excluding carboxylic acids is 1. The van der Waals surface area contributed by atoms with Gasteiger partial charge in [0.15, 0.2) is 5.69 Å². The summed E-state index contributed by atoms with van der Waals surface area (Å²) < 4.78 is 67.1. The standard InChI is InChI=1S/C19H21F3N4O5S/c1-10(27)9-24-18(28)16-14(23)8-15(17(26-16)25-11-2-3-11)32(29,30)13-6-4-12(5-7-13)31-19(20,21)22/h4-8,10-11,27H,2-3,9,23H2,1H3,(H,24,28)(H,25,26)/t10-/m0/s1. The molecule has 0 spiro atoms. The van der Waals surface area contributed by atoms with Crippen molar-refractivity contribution in [3.63, 3.8) is 0 Å². The molecule has 0 bridgehead atoms. The van der Waals surface area contributed by atoms with Crippen LogP contribution >= 0.6 is 0 Å². The molecule has 0 radical (unpaired) electrons. The smallest absolute Gasteiger partial charge is 0.406 e. The molecule has 5 N–H and O–H groups in total. The molecule has 2 aromatic rings. The molecule has 3 rings (SSSR count). The molecule has 1 aliphatic carbocycles. The third kappa shape index (κ3) is 5.79. The normalized spacial score (nSPS) is 15.2. The first-order chi connectivity index (χ1) is 14.9. The second-order valence-electron chi connectivity index (χ2n) is 7.27. The molecule has 13 heteroatoms. The van der Waals surface area contributed by atoms with E-state index in [9.17, 15) is 31.5 Å². The Bertz CT molecular complexity index is 1100.